The highest BCUT2D eigenvalue weighted by Gasteiger charge is 2.43. The molecule has 1 unspecified atom stereocenters. The van der Waals surface area contributed by atoms with Gasteiger partial charge in [0, 0.05) is 18.8 Å². The Balaban J connectivity index is 1.50. The molecule has 0 radical (unpaired) electrons. The van der Waals surface area contributed by atoms with Gasteiger partial charge in [-0.1, -0.05) is 24.3 Å². The van der Waals surface area contributed by atoms with Crippen molar-refractivity contribution in [1.29, 1.82) is 0 Å². The standard InChI is InChI=1S/C23H27FN2O2/c1-17-7-8-19(11-18(17)2)13-25-10-4-9-23(15-25)16-26(22(27)14-28-23)21-6-3-5-20(24)12-21/h3,5-8,11-12H,4,9-10,13-16H2,1-2H3. The number of ether oxygens (including phenoxy) is 1. The minimum atomic E-state index is -0.391. The van der Waals surface area contributed by atoms with Crippen LogP contribution < -0.4 is 4.90 Å². The van der Waals surface area contributed by atoms with Crippen LogP contribution >= 0.6 is 0 Å². The Morgan fingerprint density at radius 1 is 1.11 bits per heavy atom. The van der Waals surface area contributed by atoms with Crippen LogP contribution in [0.25, 0.3) is 0 Å². The molecule has 1 amide bonds. The average molecular weight is 382 g/mol. The molecule has 2 aliphatic heterocycles. The summed E-state index contributed by atoms with van der Waals surface area (Å²) in [6, 6.07) is 12.9. The first-order valence-corrected chi connectivity index (χ1v) is 9.93. The summed E-state index contributed by atoms with van der Waals surface area (Å²) in [7, 11) is 0. The van der Waals surface area contributed by atoms with Gasteiger partial charge in [-0.15, -0.1) is 0 Å². The number of nitrogens with zero attached hydrogens (tertiary/aromatic N) is 2. The van der Waals surface area contributed by atoms with E-state index in [1.807, 2.05) is 0 Å². The second-order valence-electron chi connectivity index (χ2n) is 8.16. The molecule has 0 aromatic heterocycles. The van der Waals surface area contributed by atoms with Crippen LogP contribution in [-0.2, 0) is 16.1 Å². The zero-order valence-electron chi connectivity index (χ0n) is 16.6. The molecule has 28 heavy (non-hydrogen) atoms. The van der Waals surface area contributed by atoms with E-state index in [1.54, 1.807) is 17.0 Å². The minimum absolute atomic E-state index is 0.0496. The Kier molecular flexibility index (Phi) is 5.21. The number of morpholine rings is 1. The Bertz CT molecular complexity index is 885. The summed E-state index contributed by atoms with van der Waals surface area (Å²) in [5, 5.41) is 0. The number of carbonyl (C=O) groups excluding carboxylic acids is 1. The second kappa shape index (κ2) is 7.64. The Morgan fingerprint density at radius 2 is 1.96 bits per heavy atom. The molecule has 4 rings (SSSR count). The smallest absolute Gasteiger partial charge is 0.253 e. The average Bonchev–Trinajstić information content (AvgIpc) is 2.67. The first kappa shape index (κ1) is 19.1. The Hall–Kier alpha value is -2.24. The lowest BCUT2D eigenvalue weighted by Crippen LogP contribution is -2.61. The molecule has 1 spiro atoms. The van der Waals surface area contributed by atoms with Crippen LogP contribution in [0.1, 0.15) is 29.5 Å². The molecule has 2 aromatic rings. The molecule has 2 heterocycles. The van der Waals surface area contributed by atoms with Crippen LogP contribution in [0.15, 0.2) is 42.5 Å². The van der Waals surface area contributed by atoms with Gasteiger partial charge >= 0.3 is 0 Å². The summed E-state index contributed by atoms with van der Waals surface area (Å²) in [6.45, 7) is 7.46. The van der Waals surface area contributed by atoms with Gasteiger partial charge in [-0.25, -0.2) is 4.39 Å². The molecule has 1 atom stereocenters. The van der Waals surface area contributed by atoms with E-state index in [0.717, 1.165) is 32.5 Å². The van der Waals surface area contributed by atoms with Gasteiger partial charge < -0.3 is 9.64 Å². The zero-order valence-corrected chi connectivity index (χ0v) is 16.6. The fourth-order valence-electron chi connectivity index (χ4n) is 4.33. The van der Waals surface area contributed by atoms with Gasteiger partial charge in [0.15, 0.2) is 0 Å². The third-order valence-corrected chi connectivity index (χ3v) is 5.97. The van der Waals surface area contributed by atoms with E-state index in [1.165, 1.54) is 28.8 Å². The predicted octanol–water partition coefficient (Wildman–Crippen LogP) is 3.84. The predicted molar refractivity (Wildman–Crippen MR) is 108 cm³/mol. The number of benzene rings is 2. The molecule has 0 aliphatic carbocycles. The summed E-state index contributed by atoms with van der Waals surface area (Å²) in [4.78, 5) is 16.5. The van der Waals surface area contributed by atoms with Gasteiger partial charge in [0.1, 0.15) is 12.4 Å². The maximum absolute atomic E-state index is 13.7. The SMILES string of the molecule is Cc1ccc(CN2CCCC3(C2)CN(c2cccc(F)c2)C(=O)CO3)cc1C. The molecule has 2 saturated heterocycles. The molecule has 0 bridgehead atoms. The summed E-state index contributed by atoms with van der Waals surface area (Å²) < 4.78 is 19.8. The van der Waals surface area contributed by atoms with Crippen LogP contribution in [0.5, 0.6) is 0 Å². The van der Waals surface area contributed by atoms with Crippen molar-refractivity contribution in [3.8, 4) is 0 Å². The van der Waals surface area contributed by atoms with E-state index in [9.17, 15) is 9.18 Å². The summed E-state index contributed by atoms with van der Waals surface area (Å²) >= 11 is 0. The summed E-state index contributed by atoms with van der Waals surface area (Å²) in [6.07, 6.45) is 1.94. The van der Waals surface area contributed by atoms with Crippen LogP contribution in [0.2, 0.25) is 0 Å². The highest BCUT2D eigenvalue weighted by atomic mass is 19.1. The quantitative estimate of drug-likeness (QED) is 0.809. The Morgan fingerprint density at radius 3 is 2.75 bits per heavy atom. The highest BCUT2D eigenvalue weighted by Crippen LogP contribution is 2.32. The van der Waals surface area contributed by atoms with Crippen LogP contribution in [0.3, 0.4) is 0 Å². The molecule has 5 heteroatoms. The van der Waals surface area contributed by atoms with Crippen molar-refractivity contribution in [2.45, 2.75) is 38.8 Å². The van der Waals surface area contributed by atoms with Gasteiger partial charge in [-0.05, 0) is 68.1 Å². The molecule has 148 valence electrons. The van der Waals surface area contributed by atoms with E-state index in [2.05, 4.69) is 36.9 Å². The number of likely N-dealkylation sites (tertiary alicyclic amines) is 1. The monoisotopic (exact) mass is 382 g/mol. The van der Waals surface area contributed by atoms with Crippen LogP contribution in [0, 0.1) is 19.7 Å². The van der Waals surface area contributed by atoms with Crippen molar-refractivity contribution in [3.05, 3.63) is 65.0 Å². The number of aryl methyl sites for hydroxylation is 2. The lowest BCUT2D eigenvalue weighted by atomic mass is 9.90. The Labute approximate surface area is 165 Å². The molecule has 0 N–H and O–H groups in total. The van der Waals surface area contributed by atoms with Crippen molar-refractivity contribution >= 4 is 11.6 Å². The number of rotatable bonds is 3. The number of piperidine rings is 1. The maximum atomic E-state index is 13.7. The summed E-state index contributed by atoms with van der Waals surface area (Å²) in [5.41, 5.74) is 4.13. The van der Waals surface area contributed by atoms with E-state index < -0.39 is 5.60 Å². The van der Waals surface area contributed by atoms with Crippen LogP contribution in [0.4, 0.5) is 10.1 Å². The largest absolute Gasteiger partial charge is 0.362 e. The fourth-order valence-corrected chi connectivity index (χ4v) is 4.33. The van der Waals surface area contributed by atoms with E-state index in [0.29, 0.717) is 12.2 Å². The molecule has 2 fully saturated rings. The fraction of sp³-hybridized carbons (Fsp3) is 0.435. The number of anilines is 1. The first-order valence-electron chi connectivity index (χ1n) is 9.93. The van der Waals surface area contributed by atoms with E-state index in [-0.39, 0.29) is 18.3 Å². The maximum Gasteiger partial charge on any atom is 0.253 e. The third kappa shape index (κ3) is 3.96. The molecule has 2 aromatic carbocycles. The lowest BCUT2D eigenvalue weighted by Gasteiger charge is -2.47. The first-order chi connectivity index (χ1) is 13.4. The van der Waals surface area contributed by atoms with Crippen molar-refractivity contribution in [2.24, 2.45) is 0 Å². The lowest BCUT2D eigenvalue weighted by molar-refractivity contribution is -0.146. The van der Waals surface area contributed by atoms with Crippen molar-refractivity contribution in [1.82, 2.24) is 4.90 Å². The normalized spacial score (nSPS) is 23.4. The molecular weight excluding hydrogens is 355 g/mol. The van der Waals surface area contributed by atoms with E-state index >= 15 is 0 Å². The van der Waals surface area contributed by atoms with E-state index in [4.69, 9.17) is 4.74 Å². The number of hydrogen-bond acceptors (Lipinski definition) is 3. The number of hydrogen-bond donors (Lipinski definition) is 0. The minimum Gasteiger partial charge on any atom is -0.362 e. The highest BCUT2D eigenvalue weighted by molar-refractivity contribution is 5.95. The molecule has 4 nitrogen and oxygen atoms in total. The van der Waals surface area contributed by atoms with Gasteiger partial charge in [0.05, 0.1) is 12.1 Å². The summed E-state index contributed by atoms with van der Waals surface area (Å²) in [5.74, 6) is -0.437. The van der Waals surface area contributed by atoms with Gasteiger partial charge in [0.25, 0.3) is 5.91 Å². The van der Waals surface area contributed by atoms with Crippen molar-refractivity contribution < 1.29 is 13.9 Å². The number of carbonyl (C=O) groups is 1. The van der Waals surface area contributed by atoms with Crippen molar-refractivity contribution in [3.63, 3.8) is 0 Å². The third-order valence-electron chi connectivity index (χ3n) is 5.97. The molecule has 2 aliphatic rings. The van der Waals surface area contributed by atoms with Gasteiger partial charge in [0.2, 0.25) is 0 Å². The topological polar surface area (TPSA) is 32.8 Å². The molecular formula is C23H27FN2O2. The number of halogens is 1. The van der Waals surface area contributed by atoms with Crippen molar-refractivity contribution in [2.75, 3.05) is 31.1 Å². The molecule has 0 saturated carbocycles. The second-order valence-corrected chi connectivity index (χ2v) is 8.16. The zero-order chi connectivity index (χ0) is 19.7. The van der Waals surface area contributed by atoms with Crippen LogP contribution in [-0.4, -0.2) is 42.6 Å². The van der Waals surface area contributed by atoms with Gasteiger partial charge in [-0.3, -0.25) is 9.69 Å². The number of amides is 1. The van der Waals surface area contributed by atoms with Gasteiger partial charge in [-0.2, -0.15) is 0 Å².